The number of likely N-dealkylation sites (N-methyl/N-ethyl adjacent to an activating group) is 1. The minimum Gasteiger partial charge on any atom is -0.343 e. The van der Waals surface area contributed by atoms with E-state index in [9.17, 15) is 4.79 Å². The van der Waals surface area contributed by atoms with Gasteiger partial charge in [-0.05, 0) is 33.4 Å². The molecule has 1 fully saturated rings. The average Bonchev–Trinajstić information content (AvgIpc) is 2.26. The molecule has 1 saturated heterocycles. The summed E-state index contributed by atoms with van der Waals surface area (Å²) in [5, 5.41) is 3.29. The van der Waals surface area contributed by atoms with Crippen LogP contribution in [0.15, 0.2) is 0 Å². The predicted molar refractivity (Wildman–Crippen MR) is 71.1 cm³/mol. The number of nitrogens with one attached hydrogen (secondary N) is 1. The smallest absolute Gasteiger partial charge is 0.222 e. The van der Waals surface area contributed by atoms with Crippen molar-refractivity contribution in [2.45, 2.75) is 39.7 Å². The summed E-state index contributed by atoms with van der Waals surface area (Å²) in [6.07, 6.45) is 1.68. The molecule has 1 aliphatic heterocycles. The second-order valence-corrected chi connectivity index (χ2v) is 4.61. The Morgan fingerprint density at radius 3 is 2.24 bits per heavy atom. The van der Waals surface area contributed by atoms with Crippen molar-refractivity contribution in [3.05, 3.63) is 0 Å². The Labute approximate surface area is 105 Å². The lowest BCUT2D eigenvalue weighted by Crippen LogP contribution is -2.57. The molecule has 0 radical (unpaired) electrons. The van der Waals surface area contributed by atoms with Crippen molar-refractivity contribution in [2.24, 2.45) is 0 Å². The lowest BCUT2D eigenvalue weighted by molar-refractivity contribution is -0.131. The first-order chi connectivity index (χ1) is 8.22. The SMILES string of the molecule is CCN(CC)C(=O)CCCN(CC)C1CNC1. The molecule has 0 aromatic rings. The van der Waals surface area contributed by atoms with Crippen LogP contribution in [0.2, 0.25) is 0 Å². The Morgan fingerprint density at radius 1 is 1.18 bits per heavy atom. The fourth-order valence-corrected chi connectivity index (χ4v) is 2.30. The van der Waals surface area contributed by atoms with Gasteiger partial charge >= 0.3 is 0 Å². The molecule has 0 saturated carbocycles. The van der Waals surface area contributed by atoms with Crippen LogP contribution in [0, 0.1) is 0 Å². The van der Waals surface area contributed by atoms with Crippen LogP contribution in [0.25, 0.3) is 0 Å². The zero-order valence-corrected chi connectivity index (χ0v) is 11.5. The third-order valence-electron chi connectivity index (χ3n) is 3.63. The first-order valence-corrected chi connectivity index (χ1v) is 6.95. The molecule has 4 nitrogen and oxygen atoms in total. The summed E-state index contributed by atoms with van der Waals surface area (Å²) >= 11 is 0. The van der Waals surface area contributed by atoms with Gasteiger partial charge in [0, 0.05) is 38.6 Å². The first-order valence-electron chi connectivity index (χ1n) is 6.95. The van der Waals surface area contributed by atoms with E-state index in [2.05, 4.69) is 17.1 Å². The van der Waals surface area contributed by atoms with E-state index in [0.717, 1.165) is 45.7 Å². The molecular weight excluding hydrogens is 214 g/mol. The summed E-state index contributed by atoms with van der Waals surface area (Å²) in [7, 11) is 0. The molecule has 100 valence electrons. The lowest BCUT2D eigenvalue weighted by atomic mass is 10.1. The molecule has 1 heterocycles. The number of hydrogen-bond donors (Lipinski definition) is 1. The highest BCUT2D eigenvalue weighted by atomic mass is 16.2. The van der Waals surface area contributed by atoms with Crippen molar-refractivity contribution in [1.82, 2.24) is 15.1 Å². The topological polar surface area (TPSA) is 35.6 Å². The molecular formula is C13H27N3O. The molecule has 1 rings (SSSR count). The van der Waals surface area contributed by atoms with Gasteiger partial charge in [-0.25, -0.2) is 0 Å². The van der Waals surface area contributed by atoms with Crippen molar-refractivity contribution in [1.29, 1.82) is 0 Å². The van der Waals surface area contributed by atoms with Crippen LogP contribution in [-0.4, -0.2) is 61.0 Å². The summed E-state index contributed by atoms with van der Waals surface area (Å²) in [5.41, 5.74) is 0. The van der Waals surface area contributed by atoms with Crippen LogP contribution in [0.1, 0.15) is 33.6 Å². The van der Waals surface area contributed by atoms with E-state index >= 15 is 0 Å². The van der Waals surface area contributed by atoms with Crippen molar-refractivity contribution in [2.75, 3.05) is 39.3 Å². The predicted octanol–water partition coefficient (Wildman–Crippen LogP) is 0.929. The molecule has 0 bridgehead atoms. The van der Waals surface area contributed by atoms with Gasteiger partial charge in [0.1, 0.15) is 0 Å². The maximum Gasteiger partial charge on any atom is 0.222 e. The minimum absolute atomic E-state index is 0.304. The zero-order valence-electron chi connectivity index (χ0n) is 11.5. The van der Waals surface area contributed by atoms with Crippen LogP contribution in [0.5, 0.6) is 0 Å². The Morgan fingerprint density at radius 2 is 1.82 bits per heavy atom. The van der Waals surface area contributed by atoms with Gasteiger partial charge in [0.25, 0.3) is 0 Å². The van der Waals surface area contributed by atoms with Crippen LogP contribution in [0.4, 0.5) is 0 Å². The molecule has 0 aromatic heterocycles. The fourth-order valence-electron chi connectivity index (χ4n) is 2.30. The quantitative estimate of drug-likeness (QED) is 0.686. The Hall–Kier alpha value is -0.610. The Balaban J connectivity index is 2.18. The molecule has 1 aliphatic rings. The van der Waals surface area contributed by atoms with Crippen LogP contribution in [0.3, 0.4) is 0 Å². The first kappa shape index (κ1) is 14.5. The van der Waals surface area contributed by atoms with E-state index in [1.165, 1.54) is 0 Å². The maximum absolute atomic E-state index is 11.8. The van der Waals surface area contributed by atoms with Crippen LogP contribution in [-0.2, 0) is 4.79 Å². The largest absolute Gasteiger partial charge is 0.343 e. The summed E-state index contributed by atoms with van der Waals surface area (Å²) < 4.78 is 0. The normalized spacial score (nSPS) is 16.0. The van der Waals surface area contributed by atoms with Crippen molar-refractivity contribution < 1.29 is 4.79 Å². The van der Waals surface area contributed by atoms with E-state index in [1.54, 1.807) is 0 Å². The molecule has 1 N–H and O–H groups in total. The molecule has 17 heavy (non-hydrogen) atoms. The van der Waals surface area contributed by atoms with Crippen molar-refractivity contribution in [3.63, 3.8) is 0 Å². The zero-order chi connectivity index (χ0) is 12.7. The molecule has 0 unspecified atom stereocenters. The highest BCUT2D eigenvalue weighted by molar-refractivity contribution is 5.76. The van der Waals surface area contributed by atoms with Gasteiger partial charge < -0.3 is 10.2 Å². The summed E-state index contributed by atoms with van der Waals surface area (Å²) in [6, 6.07) is 0.698. The number of rotatable bonds is 8. The maximum atomic E-state index is 11.8. The summed E-state index contributed by atoms with van der Waals surface area (Å²) in [5.74, 6) is 0.304. The van der Waals surface area contributed by atoms with Gasteiger partial charge in [0.05, 0.1) is 0 Å². The van der Waals surface area contributed by atoms with E-state index in [-0.39, 0.29) is 0 Å². The molecule has 0 aromatic carbocycles. The standard InChI is InChI=1S/C13H27N3O/c1-4-15(5-2)13(17)8-7-9-16(6-3)12-10-14-11-12/h12,14H,4-11H2,1-3H3. The van der Waals surface area contributed by atoms with Crippen molar-refractivity contribution >= 4 is 5.91 Å². The molecule has 0 atom stereocenters. The lowest BCUT2D eigenvalue weighted by Gasteiger charge is -2.37. The summed E-state index contributed by atoms with van der Waals surface area (Å²) in [4.78, 5) is 16.2. The van der Waals surface area contributed by atoms with Crippen molar-refractivity contribution in [3.8, 4) is 0 Å². The third kappa shape index (κ3) is 4.28. The average molecular weight is 241 g/mol. The van der Waals surface area contributed by atoms with Gasteiger partial charge in [-0.15, -0.1) is 0 Å². The molecule has 4 heteroatoms. The van der Waals surface area contributed by atoms with Gasteiger partial charge in [-0.3, -0.25) is 9.69 Å². The number of carbonyl (C=O) groups excluding carboxylic acids is 1. The minimum atomic E-state index is 0.304. The second-order valence-electron chi connectivity index (χ2n) is 4.61. The highest BCUT2D eigenvalue weighted by Gasteiger charge is 2.22. The van der Waals surface area contributed by atoms with Gasteiger partial charge in [-0.1, -0.05) is 6.92 Å². The van der Waals surface area contributed by atoms with Gasteiger partial charge in [0.15, 0.2) is 0 Å². The molecule has 0 spiro atoms. The highest BCUT2D eigenvalue weighted by Crippen LogP contribution is 2.07. The monoisotopic (exact) mass is 241 g/mol. The van der Waals surface area contributed by atoms with E-state index in [4.69, 9.17) is 0 Å². The van der Waals surface area contributed by atoms with E-state index < -0.39 is 0 Å². The number of carbonyl (C=O) groups is 1. The Kier molecular flexibility index (Phi) is 6.52. The van der Waals surface area contributed by atoms with Gasteiger partial charge in [-0.2, -0.15) is 0 Å². The fraction of sp³-hybridized carbons (Fsp3) is 0.923. The van der Waals surface area contributed by atoms with Crippen LogP contribution >= 0.6 is 0 Å². The number of hydrogen-bond acceptors (Lipinski definition) is 3. The Bertz CT molecular complexity index is 225. The summed E-state index contributed by atoms with van der Waals surface area (Å²) in [6.45, 7) is 12.3. The number of nitrogens with zero attached hydrogens (tertiary/aromatic N) is 2. The van der Waals surface area contributed by atoms with E-state index in [0.29, 0.717) is 18.4 Å². The third-order valence-corrected chi connectivity index (χ3v) is 3.63. The van der Waals surface area contributed by atoms with E-state index in [1.807, 2.05) is 18.7 Å². The number of amides is 1. The molecule has 0 aliphatic carbocycles. The van der Waals surface area contributed by atoms with Crippen LogP contribution < -0.4 is 5.32 Å². The van der Waals surface area contributed by atoms with Gasteiger partial charge in [0.2, 0.25) is 5.91 Å². The molecule has 1 amide bonds. The second kappa shape index (κ2) is 7.67.